The first kappa shape index (κ1) is 25.0. The van der Waals surface area contributed by atoms with Crippen molar-refractivity contribution in [3.63, 3.8) is 0 Å². The fraction of sp³-hybridized carbons (Fsp3) is 0.120. The number of methoxy groups -OCH3 is 1. The first-order valence-corrected chi connectivity index (χ1v) is 11.9. The van der Waals surface area contributed by atoms with Gasteiger partial charge in [0.05, 0.1) is 34.8 Å². The summed E-state index contributed by atoms with van der Waals surface area (Å²) in [6.07, 6.45) is 1.43. The number of carbonyl (C=O) groups excluding carboxylic acids is 2. The minimum Gasteiger partial charge on any atom is -0.497 e. The number of carbonyl (C=O) groups is 2. The average Bonchev–Trinajstić information content (AvgIpc) is 2.86. The van der Waals surface area contributed by atoms with Crippen molar-refractivity contribution >= 4 is 39.1 Å². The van der Waals surface area contributed by atoms with Crippen LogP contribution in [-0.2, 0) is 14.8 Å². The van der Waals surface area contributed by atoms with Gasteiger partial charge in [0.25, 0.3) is 10.0 Å². The second kappa shape index (κ2) is 11.0. The monoisotopic (exact) mass is 499 g/mol. The van der Waals surface area contributed by atoms with Gasteiger partial charge in [0.15, 0.2) is 12.4 Å². The molecule has 0 atom stereocenters. The van der Waals surface area contributed by atoms with E-state index in [-0.39, 0.29) is 27.7 Å². The van der Waals surface area contributed by atoms with Gasteiger partial charge in [-0.05, 0) is 54.6 Å². The molecule has 9 heteroatoms. The second-order valence-electron chi connectivity index (χ2n) is 7.03. The lowest BCUT2D eigenvalue weighted by Crippen LogP contribution is -2.31. The maximum absolute atomic E-state index is 13.4. The van der Waals surface area contributed by atoms with E-state index in [1.165, 1.54) is 37.5 Å². The molecule has 0 aliphatic carbocycles. The molecule has 0 aliphatic heterocycles. The summed E-state index contributed by atoms with van der Waals surface area (Å²) >= 11 is 6.21. The van der Waals surface area contributed by atoms with E-state index in [0.29, 0.717) is 11.3 Å². The summed E-state index contributed by atoms with van der Waals surface area (Å²) in [5.74, 6) is -0.642. The van der Waals surface area contributed by atoms with Crippen molar-refractivity contribution in [3.8, 4) is 5.75 Å². The lowest BCUT2D eigenvalue weighted by Gasteiger charge is -2.24. The first-order chi connectivity index (χ1) is 16.3. The van der Waals surface area contributed by atoms with Gasteiger partial charge in [-0.3, -0.25) is 9.10 Å². The highest BCUT2D eigenvalue weighted by Gasteiger charge is 2.26. The summed E-state index contributed by atoms with van der Waals surface area (Å²) in [6, 6.07) is 18.3. The van der Waals surface area contributed by atoms with E-state index in [4.69, 9.17) is 21.1 Å². The summed E-state index contributed by atoms with van der Waals surface area (Å²) < 4.78 is 38.0. The molecule has 34 heavy (non-hydrogen) atoms. The quantitative estimate of drug-likeness (QED) is 0.227. The van der Waals surface area contributed by atoms with Crippen LogP contribution in [0.1, 0.15) is 20.7 Å². The van der Waals surface area contributed by atoms with E-state index in [1.807, 2.05) is 0 Å². The zero-order valence-electron chi connectivity index (χ0n) is 18.3. The van der Waals surface area contributed by atoms with Crippen molar-refractivity contribution in [2.45, 2.75) is 4.90 Å². The van der Waals surface area contributed by atoms with Crippen LogP contribution in [0.4, 0.5) is 5.69 Å². The van der Waals surface area contributed by atoms with Crippen molar-refractivity contribution in [2.24, 2.45) is 0 Å². The van der Waals surface area contributed by atoms with E-state index >= 15 is 0 Å². The Balaban J connectivity index is 1.79. The molecule has 0 N–H and O–H groups in total. The molecule has 0 aliphatic rings. The third-order valence-corrected chi connectivity index (χ3v) is 6.92. The number of anilines is 1. The molecule has 0 spiro atoms. The largest absolute Gasteiger partial charge is 0.497 e. The Bertz CT molecular complexity index is 1300. The Morgan fingerprint density at radius 2 is 1.71 bits per heavy atom. The van der Waals surface area contributed by atoms with Crippen LogP contribution >= 0.6 is 11.6 Å². The molecule has 0 saturated carbocycles. The highest BCUT2D eigenvalue weighted by atomic mass is 35.5. The summed E-state index contributed by atoms with van der Waals surface area (Å²) in [4.78, 5) is 24.7. The highest BCUT2D eigenvalue weighted by Crippen LogP contribution is 2.30. The number of ether oxygens (including phenoxy) is 2. The third-order valence-electron chi connectivity index (χ3n) is 4.82. The molecular formula is C25H22ClNO6S. The average molecular weight is 500 g/mol. The summed E-state index contributed by atoms with van der Waals surface area (Å²) in [6.45, 7) is 3.10. The number of rotatable bonds is 10. The lowest BCUT2D eigenvalue weighted by molar-refractivity contribution is 0.0474. The summed E-state index contributed by atoms with van der Waals surface area (Å²) in [5, 5.41) is 0.250. The Morgan fingerprint density at radius 1 is 1.00 bits per heavy atom. The molecule has 3 aromatic carbocycles. The van der Waals surface area contributed by atoms with Gasteiger partial charge >= 0.3 is 5.97 Å². The molecule has 3 rings (SSSR count). The normalized spacial score (nSPS) is 10.9. The maximum atomic E-state index is 13.4. The molecule has 176 valence electrons. The molecule has 0 heterocycles. The van der Waals surface area contributed by atoms with E-state index in [1.54, 1.807) is 48.5 Å². The van der Waals surface area contributed by atoms with Gasteiger partial charge in [0, 0.05) is 5.56 Å². The van der Waals surface area contributed by atoms with Crippen LogP contribution in [0.3, 0.4) is 0 Å². The van der Waals surface area contributed by atoms with E-state index in [2.05, 4.69) is 6.58 Å². The van der Waals surface area contributed by atoms with Crippen molar-refractivity contribution in [3.05, 3.63) is 102 Å². The molecule has 0 radical (unpaired) electrons. The molecule has 0 unspecified atom stereocenters. The number of Topliss-reactive ketones (excluding diaryl/α,β-unsaturated/α-hetero) is 1. The van der Waals surface area contributed by atoms with Gasteiger partial charge in [0.2, 0.25) is 0 Å². The summed E-state index contributed by atoms with van der Waals surface area (Å²) in [5.41, 5.74) is 0.619. The zero-order valence-corrected chi connectivity index (χ0v) is 19.9. The second-order valence-corrected chi connectivity index (χ2v) is 9.30. The van der Waals surface area contributed by atoms with Gasteiger partial charge in [0.1, 0.15) is 5.75 Å². The Morgan fingerprint density at radius 3 is 2.35 bits per heavy atom. The molecule has 0 fully saturated rings. The zero-order chi connectivity index (χ0) is 24.7. The highest BCUT2D eigenvalue weighted by molar-refractivity contribution is 7.92. The predicted octanol–water partition coefficient (Wildman–Crippen LogP) is 4.77. The van der Waals surface area contributed by atoms with Crippen molar-refractivity contribution in [1.82, 2.24) is 0 Å². The number of benzene rings is 3. The van der Waals surface area contributed by atoms with Gasteiger partial charge < -0.3 is 9.47 Å². The van der Waals surface area contributed by atoms with Crippen molar-refractivity contribution in [2.75, 3.05) is 24.6 Å². The Kier molecular flexibility index (Phi) is 8.09. The molecule has 0 aromatic heterocycles. The minimum absolute atomic E-state index is 0.0127. The van der Waals surface area contributed by atoms with Crippen LogP contribution < -0.4 is 9.04 Å². The van der Waals surface area contributed by atoms with Gasteiger partial charge in [-0.1, -0.05) is 35.9 Å². The first-order valence-electron chi connectivity index (χ1n) is 10.1. The number of sulfonamides is 1. The van der Waals surface area contributed by atoms with Crippen LogP contribution in [-0.4, -0.2) is 40.4 Å². The van der Waals surface area contributed by atoms with E-state index in [9.17, 15) is 18.0 Å². The number of halogens is 1. The Labute approximate surface area is 203 Å². The fourth-order valence-corrected chi connectivity index (χ4v) is 4.87. The number of esters is 1. The summed E-state index contributed by atoms with van der Waals surface area (Å²) in [7, 11) is -2.57. The van der Waals surface area contributed by atoms with E-state index in [0.717, 1.165) is 4.31 Å². The smallest absolute Gasteiger partial charge is 0.338 e. The number of ketones is 1. The van der Waals surface area contributed by atoms with Crippen LogP contribution in [0.15, 0.2) is 90.3 Å². The van der Waals surface area contributed by atoms with Crippen LogP contribution in [0.2, 0.25) is 5.02 Å². The number of para-hydroxylation sites is 1. The maximum Gasteiger partial charge on any atom is 0.338 e. The molecule has 0 amide bonds. The number of nitrogens with zero attached hydrogens (tertiary/aromatic N) is 1. The molecular weight excluding hydrogens is 478 g/mol. The SMILES string of the molecule is C=CCN(c1ccccc1Cl)S(=O)(=O)c1cccc(C(=O)OCC(=O)c2ccc(OC)cc2)c1. The van der Waals surface area contributed by atoms with Gasteiger partial charge in [-0.2, -0.15) is 0 Å². The minimum atomic E-state index is -4.08. The van der Waals surface area contributed by atoms with Crippen LogP contribution in [0, 0.1) is 0 Å². The number of hydrogen-bond donors (Lipinski definition) is 0. The lowest BCUT2D eigenvalue weighted by atomic mass is 10.1. The van der Waals surface area contributed by atoms with E-state index < -0.39 is 28.4 Å². The Hall–Kier alpha value is -3.62. The van der Waals surface area contributed by atoms with Crippen molar-refractivity contribution < 1.29 is 27.5 Å². The van der Waals surface area contributed by atoms with Gasteiger partial charge in [-0.15, -0.1) is 6.58 Å². The molecule has 0 bridgehead atoms. The standard InChI is InChI=1S/C25H22ClNO6S/c1-3-15-27(23-10-5-4-9-22(23)26)34(30,31)21-8-6-7-19(16-21)25(29)33-17-24(28)18-11-13-20(32-2)14-12-18/h3-14,16H,1,15,17H2,2H3. The number of hydrogen-bond acceptors (Lipinski definition) is 6. The third kappa shape index (κ3) is 5.65. The molecule has 3 aromatic rings. The van der Waals surface area contributed by atoms with Crippen molar-refractivity contribution in [1.29, 1.82) is 0 Å². The van der Waals surface area contributed by atoms with Gasteiger partial charge in [-0.25, -0.2) is 13.2 Å². The van der Waals surface area contributed by atoms with Crippen LogP contribution in [0.25, 0.3) is 0 Å². The predicted molar refractivity (Wildman–Crippen MR) is 130 cm³/mol. The molecule has 0 saturated heterocycles. The fourth-order valence-electron chi connectivity index (χ4n) is 3.08. The van der Waals surface area contributed by atoms with Crippen LogP contribution in [0.5, 0.6) is 5.75 Å². The molecule has 7 nitrogen and oxygen atoms in total. The topological polar surface area (TPSA) is 90.0 Å².